The van der Waals surface area contributed by atoms with Gasteiger partial charge in [-0.3, -0.25) is 25.0 Å². The van der Waals surface area contributed by atoms with Gasteiger partial charge in [0.1, 0.15) is 12.6 Å². The minimum Gasteiger partial charge on any atom is -0.480 e. The number of carboxylic acid groups (broad SMARTS) is 1. The number of carboxylic acids is 1. The number of nitrogens with one attached hydrogen (secondary N) is 3. The normalized spacial score (nSPS) is 11.4. The quantitative estimate of drug-likeness (QED) is 0.0283. The van der Waals surface area contributed by atoms with Crippen molar-refractivity contribution in [1.29, 1.82) is 0 Å². The average molecular weight is 688 g/mol. The summed E-state index contributed by atoms with van der Waals surface area (Å²) in [4.78, 5) is 50.6. The lowest BCUT2D eigenvalue weighted by Crippen LogP contribution is -2.42. The van der Waals surface area contributed by atoms with Gasteiger partial charge in [-0.05, 0) is 48.0 Å². The zero-order valence-electron chi connectivity index (χ0n) is 25.8. The van der Waals surface area contributed by atoms with Crippen LogP contribution in [0.15, 0.2) is 48.5 Å². The SMILES string of the molecule is NN[C@@H](CCCCNC(=O)CN(Cc1ccc(CNC(=O)c2ccc(B(O)O)c(F)c2F)cc1)C(=O)c1ccc([B]O)c(F)c1F)C(=O)O. The number of benzene rings is 3. The fourth-order valence-electron chi connectivity index (χ4n) is 4.61. The second kappa shape index (κ2) is 18.1. The number of hydrogen-bond donors (Lipinski definition) is 8. The van der Waals surface area contributed by atoms with Crippen LogP contribution in [0.3, 0.4) is 0 Å². The Kier molecular flexibility index (Phi) is 14.3. The van der Waals surface area contributed by atoms with Crippen molar-refractivity contribution in [2.75, 3.05) is 13.1 Å². The number of carbonyl (C=O) groups is 4. The highest BCUT2D eigenvalue weighted by molar-refractivity contribution is 6.58. The summed E-state index contributed by atoms with van der Waals surface area (Å²) in [5.41, 5.74) is 0.466. The van der Waals surface area contributed by atoms with Gasteiger partial charge >= 0.3 is 20.6 Å². The van der Waals surface area contributed by atoms with Gasteiger partial charge in [0.05, 0.1) is 11.1 Å². The van der Waals surface area contributed by atoms with Crippen LogP contribution >= 0.6 is 0 Å². The molecule has 0 unspecified atom stereocenters. The molecule has 3 rings (SSSR count). The second-order valence-electron chi connectivity index (χ2n) is 10.7. The van der Waals surface area contributed by atoms with Crippen molar-refractivity contribution < 1.29 is 56.9 Å². The average Bonchev–Trinajstić information content (AvgIpc) is 3.07. The van der Waals surface area contributed by atoms with E-state index in [0.717, 1.165) is 29.2 Å². The Balaban J connectivity index is 1.70. The Bertz CT molecular complexity index is 1670. The van der Waals surface area contributed by atoms with Gasteiger partial charge in [0.15, 0.2) is 23.3 Å². The van der Waals surface area contributed by atoms with Gasteiger partial charge in [0.25, 0.3) is 11.8 Å². The molecular weight excluding hydrogens is 656 g/mol. The van der Waals surface area contributed by atoms with E-state index < -0.39 is 88.7 Å². The molecule has 19 heteroatoms. The molecule has 0 aromatic heterocycles. The number of amides is 3. The molecule has 13 nitrogen and oxygen atoms in total. The van der Waals surface area contributed by atoms with Gasteiger partial charge in [-0.15, -0.1) is 0 Å². The van der Waals surface area contributed by atoms with E-state index in [0.29, 0.717) is 31.5 Å². The Morgan fingerprint density at radius 1 is 0.837 bits per heavy atom. The van der Waals surface area contributed by atoms with Gasteiger partial charge in [-0.1, -0.05) is 36.4 Å². The fourth-order valence-corrected chi connectivity index (χ4v) is 4.61. The van der Waals surface area contributed by atoms with E-state index >= 15 is 0 Å². The molecule has 3 amide bonds. The lowest BCUT2D eigenvalue weighted by molar-refractivity contribution is -0.139. The first-order valence-corrected chi connectivity index (χ1v) is 14.7. The van der Waals surface area contributed by atoms with Gasteiger partial charge in [0, 0.05) is 25.1 Å². The number of unbranched alkanes of at least 4 members (excludes halogenated alkanes) is 1. The second-order valence-corrected chi connectivity index (χ2v) is 10.7. The van der Waals surface area contributed by atoms with E-state index in [2.05, 4.69) is 16.1 Å². The summed E-state index contributed by atoms with van der Waals surface area (Å²) in [6, 6.07) is 8.80. The number of halogens is 4. The molecule has 0 fully saturated rings. The topological polar surface area (TPSA) is 215 Å². The summed E-state index contributed by atoms with van der Waals surface area (Å²) in [5, 5.41) is 41.3. The summed E-state index contributed by atoms with van der Waals surface area (Å²) in [7, 11) is -1.95. The summed E-state index contributed by atoms with van der Waals surface area (Å²) in [6.07, 6.45) is 0.957. The molecule has 0 aliphatic rings. The van der Waals surface area contributed by atoms with Crippen molar-refractivity contribution in [2.24, 2.45) is 5.84 Å². The van der Waals surface area contributed by atoms with E-state index in [1.54, 1.807) is 0 Å². The molecule has 0 heterocycles. The highest BCUT2D eigenvalue weighted by Crippen LogP contribution is 2.16. The van der Waals surface area contributed by atoms with Crippen LogP contribution in [-0.2, 0) is 22.7 Å². The standard InChI is InChI=1S/C30H32B2F4N5O8/c33-24-18(9-11-21(27(24)36)32(48)49)28(43)39-13-16-4-6-17(7-5-16)14-41(29(44)19-8-10-20(31-47)26(35)25(19)34)15-23(42)38-12-2-1-3-22(40-37)30(45)46/h4-11,22,40,47-49H,1-3,12-15,37H2,(H,38,42)(H,39,43)(H,45,46)/t22-/m0/s1. The molecule has 3 aromatic carbocycles. The van der Waals surface area contributed by atoms with Gasteiger partial charge in [-0.25, -0.2) is 23.0 Å². The number of hydrazine groups is 1. The fraction of sp³-hybridized carbons (Fsp3) is 0.267. The van der Waals surface area contributed by atoms with Crippen molar-refractivity contribution in [2.45, 2.75) is 38.4 Å². The molecule has 0 aliphatic heterocycles. The molecule has 0 spiro atoms. The number of nitrogens with zero attached hydrogens (tertiary/aromatic N) is 1. The van der Waals surface area contributed by atoms with Crippen molar-refractivity contribution in [1.82, 2.24) is 21.0 Å². The summed E-state index contributed by atoms with van der Waals surface area (Å²) in [6.45, 7) is -0.874. The minimum atomic E-state index is -2.28. The van der Waals surface area contributed by atoms with Crippen LogP contribution in [0.1, 0.15) is 51.1 Å². The maximum absolute atomic E-state index is 14.8. The smallest absolute Gasteiger partial charge is 0.480 e. The molecule has 259 valence electrons. The zero-order valence-corrected chi connectivity index (χ0v) is 25.8. The van der Waals surface area contributed by atoms with Crippen LogP contribution in [0.4, 0.5) is 17.6 Å². The number of rotatable bonds is 17. The molecule has 0 saturated heterocycles. The molecular formula is C30H32B2F4N5O8. The van der Waals surface area contributed by atoms with E-state index in [4.69, 9.17) is 26.0 Å². The Hall–Kier alpha value is -4.81. The van der Waals surface area contributed by atoms with E-state index in [9.17, 15) is 36.7 Å². The van der Waals surface area contributed by atoms with Crippen LogP contribution < -0.4 is 32.8 Å². The lowest BCUT2D eigenvalue weighted by Gasteiger charge is -2.23. The van der Waals surface area contributed by atoms with Crippen LogP contribution in [0.2, 0.25) is 0 Å². The van der Waals surface area contributed by atoms with Crippen molar-refractivity contribution in [3.8, 4) is 0 Å². The molecule has 3 aromatic rings. The summed E-state index contributed by atoms with van der Waals surface area (Å²) >= 11 is 0. The lowest BCUT2D eigenvalue weighted by atomic mass is 9.79. The first-order chi connectivity index (χ1) is 23.3. The van der Waals surface area contributed by atoms with Crippen LogP contribution in [0, 0.1) is 23.3 Å². The Morgan fingerprint density at radius 2 is 1.47 bits per heavy atom. The highest BCUT2D eigenvalue weighted by atomic mass is 19.2. The van der Waals surface area contributed by atoms with Crippen molar-refractivity contribution in [3.05, 3.63) is 94.1 Å². The van der Waals surface area contributed by atoms with Crippen LogP contribution in [0.5, 0.6) is 0 Å². The third-order valence-electron chi connectivity index (χ3n) is 7.33. The maximum atomic E-state index is 14.8. The predicted octanol–water partition coefficient (Wildman–Crippen LogP) is -1.06. The third-order valence-corrected chi connectivity index (χ3v) is 7.33. The highest BCUT2D eigenvalue weighted by Gasteiger charge is 2.26. The Morgan fingerprint density at radius 3 is 2.08 bits per heavy atom. The van der Waals surface area contributed by atoms with Crippen molar-refractivity contribution >= 4 is 49.2 Å². The minimum absolute atomic E-state index is 0.117. The first kappa shape index (κ1) is 38.6. The van der Waals surface area contributed by atoms with E-state index in [-0.39, 0.29) is 26.1 Å². The van der Waals surface area contributed by atoms with Crippen molar-refractivity contribution in [3.63, 3.8) is 0 Å². The number of hydrogen-bond acceptors (Lipinski definition) is 9. The molecule has 0 aliphatic carbocycles. The number of aliphatic carboxylic acids is 1. The monoisotopic (exact) mass is 688 g/mol. The summed E-state index contributed by atoms with van der Waals surface area (Å²) < 4.78 is 57.5. The number of nitrogens with two attached hydrogens (primary N) is 1. The predicted molar refractivity (Wildman–Crippen MR) is 168 cm³/mol. The Labute approximate surface area is 278 Å². The third kappa shape index (κ3) is 10.3. The van der Waals surface area contributed by atoms with Crippen LogP contribution in [-0.4, -0.2) is 82.5 Å². The van der Waals surface area contributed by atoms with E-state index in [1.807, 2.05) is 0 Å². The maximum Gasteiger partial charge on any atom is 0.491 e. The molecule has 1 radical (unpaired) electrons. The molecule has 9 N–H and O–H groups in total. The first-order valence-electron chi connectivity index (χ1n) is 14.7. The molecule has 49 heavy (non-hydrogen) atoms. The van der Waals surface area contributed by atoms with Gasteiger partial charge < -0.3 is 35.7 Å². The van der Waals surface area contributed by atoms with E-state index in [1.165, 1.54) is 24.3 Å². The van der Waals surface area contributed by atoms with Gasteiger partial charge in [-0.2, -0.15) is 0 Å². The molecule has 0 saturated carbocycles. The number of carbonyl (C=O) groups excluding carboxylic acids is 3. The summed E-state index contributed by atoms with van der Waals surface area (Å²) in [5.74, 6) is -4.78. The van der Waals surface area contributed by atoms with Gasteiger partial charge in [0.2, 0.25) is 5.91 Å². The largest absolute Gasteiger partial charge is 0.491 e. The zero-order chi connectivity index (χ0) is 36.2. The molecule has 1 atom stereocenters. The van der Waals surface area contributed by atoms with Crippen LogP contribution in [0.25, 0.3) is 0 Å². The molecule has 0 bridgehead atoms.